The molecule has 2 aromatic rings. The second-order valence-corrected chi connectivity index (χ2v) is 7.83. The Kier molecular flexibility index (Phi) is 7.31. The van der Waals surface area contributed by atoms with Gasteiger partial charge in [0.15, 0.2) is 0 Å². The van der Waals surface area contributed by atoms with Crippen molar-refractivity contribution in [2.45, 2.75) is 32.7 Å². The van der Waals surface area contributed by atoms with Crippen LogP contribution in [0.15, 0.2) is 29.6 Å². The molecule has 0 atom stereocenters. The van der Waals surface area contributed by atoms with Crippen LogP contribution in [-0.4, -0.2) is 47.9 Å². The molecular weight excluding hydrogens is 344 g/mol. The lowest BCUT2D eigenvalue weighted by Gasteiger charge is -2.24. The summed E-state index contributed by atoms with van der Waals surface area (Å²) < 4.78 is 0. The Morgan fingerprint density at radius 2 is 1.92 bits per heavy atom. The minimum atomic E-state index is 0.0804. The van der Waals surface area contributed by atoms with Gasteiger partial charge in [-0.1, -0.05) is 26.0 Å². The maximum Gasteiger partial charge on any atom is 0.228 e. The molecule has 1 aromatic carbocycles. The molecule has 0 bridgehead atoms. The van der Waals surface area contributed by atoms with Crippen LogP contribution in [0.4, 0.5) is 0 Å². The van der Waals surface area contributed by atoms with Crippen molar-refractivity contribution in [2.24, 2.45) is 0 Å². The number of aromatic nitrogens is 1. The molecule has 0 fully saturated rings. The van der Waals surface area contributed by atoms with Gasteiger partial charge in [-0.15, -0.1) is 11.3 Å². The molecule has 26 heavy (non-hydrogen) atoms. The summed E-state index contributed by atoms with van der Waals surface area (Å²) in [7, 11) is 4.00. The molecule has 0 aliphatic carbocycles. The monoisotopic (exact) mass is 370 g/mol. The number of hydrogen-bond donors (Lipinski definition) is 0. The lowest BCUT2D eigenvalue weighted by molar-refractivity contribution is -0.131. The standard InChI is InChI=1S/C20H26N4OS/c1-15(2)20-22-18(14-26-20)11-19(25)24(10-9-23(3)4)13-17-7-5-16(12-21)6-8-17/h5-8,14-15H,9-11,13H2,1-4H3. The summed E-state index contributed by atoms with van der Waals surface area (Å²) in [4.78, 5) is 21.4. The van der Waals surface area contributed by atoms with Crippen molar-refractivity contribution in [3.63, 3.8) is 0 Å². The summed E-state index contributed by atoms with van der Waals surface area (Å²) in [6, 6.07) is 9.52. The molecule has 0 aliphatic heterocycles. The minimum Gasteiger partial charge on any atom is -0.337 e. The maximum atomic E-state index is 12.9. The SMILES string of the molecule is CC(C)c1nc(CC(=O)N(CCN(C)C)Cc2ccc(C#N)cc2)cs1. The summed E-state index contributed by atoms with van der Waals surface area (Å²) in [5.74, 6) is 0.462. The zero-order chi connectivity index (χ0) is 19.1. The van der Waals surface area contributed by atoms with E-state index in [4.69, 9.17) is 5.26 Å². The van der Waals surface area contributed by atoms with Crippen LogP contribution in [0.25, 0.3) is 0 Å². The van der Waals surface area contributed by atoms with E-state index in [1.54, 1.807) is 23.5 Å². The molecule has 6 heteroatoms. The van der Waals surface area contributed by atoms with Crippen molar-refractivity contribution in [1.29, 1.82) is 5.26 Å². The van der Waals surface area contributed by atoms with E-state index in [1.807, 2.05) is 36.5 Å². The van der Waals surface area contributed by atoms with E-state index >= 15 is 0 Å². The average molecular weight is 371 g/mol. The molecule has 0 aliphatic rings. The van der Waals surface area contributed by atoms with Crippen LogP contribution in [0, 0.1) is 11.3 Å². The second-order valence-electron chi connectivity index (χ2n) is 6.94. The van der Waals surface area contributed by atoms with Gasteiger partial charge in [0.25, 0.3) is 0 Å². The largest absolute Gasteiger partial charge is 0.337 e. The molecule has 5 nitrogen and oxygen atoms in total. The van der Waals surface area contributed by atoms with Crippen LogP contribution >= 0.6 is 11.3 Å². The molecular formula is C20H26N4OS. The predicted octanol–water partition coefficient (Wildman–Crippen LogP) is 3.27. The van der Waals surface area contributed by atoms with Crippen molar-refractivity contribution in [1.82, 2.24) is 14.8 Å². The van der Waals surface area contributed by atoms with Gasteiger partial charge in [0.05, 0.1) is 28.8 Å². The molecule has 0 radical (unpaired) electrons. The van der Waals surface area contributed by atoms with Gasteiger partial charge in [-0.3, -0.25) is 4.79 Å². The number of likely N-dealkylation sites (N-methyl/N-ethyl adjacent to an activating group) is 1. The zero-order valence-corrected chi connectivity index (χ0v) is 16.7. The second kappa shape index (κ2) is 9.46. The van der Waals surface area contributed by atoms with Gasteiger partial charge in [0.1, 0.15) is 0 Å². The summed E-state index contributed by atoms with van der Waals surface area (Å²) in [5, 5.41) is 12.0. The summed E-state index contributed by atoms with van der Waals surface area (Å²) in [6.07, 6.45) is 0.326. The van der Waals surface area contributed by atoms with Crippen LogP contribution in [0.2, 0.25) is 0 Å². The fraction of sp³-hybridized carbons (Fsp3) is 0.450. The van der Waals surface area contributed by atoms with Gasteiger partial charge in [-0.25, -0.2) is 4.98 Å². The van der Waals surface area contributed by atoms with Crippen molar-refractivity contribution in [3.8, 4) is 6.07 Å². The Morgan fingerprint density at radius 1 is 1.23 bits per heavy atom. The topological polar surface area (TPSA) is 60.2 Å². The smallest absolute Gasteiger partial charge is 0.228 e. The number of nitriles is 1. The quantitative estimate of drug-likeness (QED) is 0.715. The van der Waals surface area contributed by atoms with E-state index in [0.29, 0.717) is 31.0 Å². The van der Waals surface area contributed by atoms with Crippen LogP contribution in [0.1, 0.15) is 41.6 Å². The van der Waals surface area contributed by atoms with E-state index in [9.17, 15) is 4.79 Å². The number of amides is 1. The third kappa shape index (κ3) is 5.94. The lowest BCUT2D eigenvalue weighted by atomic mass is 10.1. The first-order chi connectivity index (χ1) is 12.4. The minimum absolute atomic E-state index is 0.0804. The van der Waals surface area contributed by atoms with E-state index in [-0.39, 0.29) is 5.91 Å². The number of benzene rings is 1. The number of nitrogens with zero attached hydrogens (tertiary/aromatic N) is 4. The Labute approximate surface area is 159 Å². The first-order valence-corrected chi connectivity index (χ1v) is 9.63. The number of rotatable bonds is 8. The normalized spacial score (nSPS) is 11.0. The fourth-order valence-electron chi connectivity index (χ4n) is 2.45. The first kappa shape index (κ1) is 20.1. The highest BCUT2D eigenvalue weighted by Crippen LogP contribution is 2.20. The fourth-order valence-corrected chi connectivity index (χ4v) is 3.29. The van der Waals surface area contributed by atoms with Crippen LogP contribution in [0.5, 0.6) is 0 Å². The van der Waals surface area contributed by atoms with E-state index in [0.717, 1.165) is 22.8 Å². The maximum absolute atomic E-state index is 12.9. The van der Waals surface area contributed by atoms with Crippen LogP contribution < -0.4 is 0 Å². The highest BCUT2D eigenvalue weighted by atomic mass is 32.1. The summed E-state index contributed by atoms with van der Waals surface area (Å²) in [6.45, 7) is 6.22. The zero-order valence-electron chi connectivity index (χ0n) is 15.9. The molecule has 0 saturated carbocycles. The molecule has 0 spiro atoms. The van der Waals surface area contributed by atoms with Crippen LogP contribution in [0.3, 0.4) is 0 Å². The molecule has 138 valence electrons. The molecule has 0 unspecified atom stereocenters. The van der Waals surface area contributed by atoms with Gasteiger partial charge < -0.3 is 9.80 Å². The summed E-state index contributed by atoms with van der Waals surface area (Å²) in [5.41, 5.74) is 2.50. The Balaban J connectivity index is 2.08. The van der Waals surface area contributed by atoms with Crippen molar-refractivity contribution < 1.29 is 4.79 Å². The molecule has 0 saturated heterocycles. The van der Waals surface area contributed by atoms with Gasteiger partial charge in [0.2, 0.25) is 5.91 Å². The van der Waals surface area contributed by atoms with Gasteiger partial charge >= 0.3 is 0 Å². The number of carbonyl (C=O) groups is 1. The van der Waals surface area contributed by atoms with E-state index in [2.05, 4.69) is 29.8 Å². The summed E-state index contributed by atoms with van der Waals surface area (Å²) >= 11 is 1.62. The van der Waals surface area contributed by atoms with Crippen molar-refractivity contribution in [2.75, 3.05) is 27.2 Å². The first-order valence-electron chi connectivity index (χ1n) is 8.75. The Morgan fingerprint density at radius 3 is 2.46 bits per heavy atom. The van der Waals surface area contributed by atoms with Crippen LogP contribution in [-0.2, 0) is 17.8 Å². The molecule has 1 heterocycles. The van der Waals surface area contributed by atoms with E-state index in [1.165, 1.54) is 0 Å². The van der Waals surface area contributed by atoms with Gasteiger partial charge in [0, 0.05) is 30.9 Å². The predicted molar refractivity (Wildman–Crippen MR) is 105 cm³/mol. The highest BCUT2D eigenvalue weighted by molar-refractivity contribution is 7.09. The van der Waals surface area contributed by atoms with E-state index < -0.39 is 0 Å². The molecule has 1 amide bonds. The van der Waals surface area contributed by atoms with Gasteiger partial charge in [-0.05, 0) is 31.8 Å². The molecule has 0 N–H and O–H groups in total. The molecule has 2 rings (SSSR count). The Hall–Kier alpha value is -2.23. The number of carbonyl (C=O) groups excluding carboxylic acids is 1. The number of hydrogen-bond acceptors (Lipinski definition) is 5. The lowest BCUT2D eigenvalue weighted by Crippen LogP contribution is -2.37. The average Bonchev–Trinajstić information content (AvgIpc) is 3.07. The molecule has 1 aromatic heterocycles. The third-order valence-electron chi connectivity index (χ3n) is 4.02. The highest BCUT2D eigenvalue weighted by Gasteiger charge is 2.17. The van der Waals surface area contributed by atoms with Crippen molar-refractivity contribution >= 4 is 17.2 Å². The third-order valence-corrected chi connectivity index (χ3v) is 5.22. The number of thiazole rings is 1. The van der Waals surface area contributed by atoms with Crippen molar-refractivity contribution in [3.05, 3.63) is 51.5 Å². The Bertz CT molecular complexity index is 759. The van der Waals surface area contributed by atoms with Gasteiger partial charge in [-0.2, -0.15) is 5.26 Å².